The molecule has 2 aromatic rings. The van der Waals surface area contributed by atoms with Crippen LogP contribution in [0.15, 0.2) is 18.2 Å². The van der Waals surface area contributed by atoms with Crippen molar-refractivity contribution in [1.29, 1.82) is 0 Å². The Morgan fingerprint density at radius 1 is 1.30 bits per heavy atom. The third-order valence-corrected chi connectivity index (χ3v) is 4.47. The van der Waals surface area contributed by atoms with E-state index in [1.807, 2.05) is 32.9 Å². The molecule has 23 heavy (non-hydrogen) atoms. The van der Waals surface area contributed by atoms with E-state index < -0.39 is 0 Å². The van der Waals surface area contributed by atoms with Gasteiger partial charge in [0.15, 0.2) is 0 Å². The third-order valence-electron chi connectivity index (χ3n) is 3.57. The standard InChI is InChI=1S/C17H22N2O3S/c1-10(17-11(2)23-12(3)19-17)18-16(20)8-13-6-7-14(21-4)9-15(13)22-5/h6-7,9-10H,8H2,1-5H3,(H,18,20)/t10-/m0/s1. The number of hydrogen-bond donors (Lipinski definition) is 1. The number of carbonyl (C=O) groups excluding carboxylic acids is 1. The molecule has 1 amide bonds. The number of thiazole rings is 1. The zero-order valence-corrected chi connectivity index (χ0v) is 14.9. The van der Waals surface area contributed by atoms with Crippen LogP contribution in [0.1, 0.15) is 34.1 Å². The number of ether oxygens (including phenoxy) is 2. The van der Waals surface area contributed by atoms with Crippen molar-refractivity contribution in [3.8, 4) is 11.5 Å². The number of aryl methyl sites for hydroxylation is 2. The van der Waals surface area contributed by atoms with Crippen LogP contribution < -0.4 is 14.8 Å². The molecule has 1 atom stereocenters. The van der Waals surface area contributed by atoms with Gasteiger partial charge in [-0.1, -0.05) is 6.07 Å². The van der Waals surface area contributed by atoms with Gasteiger partial charge in [-0.2, -0.15) is 0 Å². The number of benzene rings is 1. The zero-order chi connectivity index (χ0) is 17.0. The Morgan fingerprint density at radius 2 is 2.04 bits per heavy atom. The van der Waals surface area contributed by atoms with Gasteiger partial charge in [-0.3, -0.25) is 4.79 Å². The number of rotatable bonds is 6. The fourth-order valence-electron chi connectivity index (χ4n) is 2.48. The summed E-state index contributed by atoms with van der Waals surface area (Å²) in [6.07, 6.45) is 0.250. The summed E-state index contributed by atoms with van der Waals surface area (Å²) in [5, 5.41) is 4.01. The van der Waals surface area contributed by atoms with Crippen LogP contribution >= 0.6 is 11.3 Å². The number of methoxy groups -OCH3 is 2. The minimum atomic E-state index is -0.114. The Bertz CT molecular complexity index is 697. The van der Waals surface area contributed by atoms with E-state index in [-0.39, 0.29) is 18.4 Å². The molecule has 1 N–H and O–H groups in total. The van der Waals surface area contributed by atoms with Crippen LogP contribution in [0.4, 0.5) is 0 Å². The summed E-state index contributed by atoms with van der Waals surface area (Å²) >= 11 is 1.64. The topological polar surface area (TPSA) is 60.5 Å². The summed E-state index contributed by atoms with van der Waals surface area (Å²) in [5.74, 6) is 1.28. The highest BCUT2D eigenvalue weighted by Gasteiger charge is 2.17. The molecule has 1 heterocycles. The molecule has 124 valence electrons. The van der Waals surface area contributed by atoms with Gasteiger partial charge in [-0.15, -0.1) is 11.3 Å². The Morgan fingerprint density at radius 3 is 2.61 bits per heavy atom. The van der Waals surface area contributed by atoms with E-state index >= 15 is 0 Å². The van der Waals surface area contributed by atoms with Gasteiger partial charge in [0.1, 0.15) is 11.5 Å². The maximum atomic E-state index is 12.3. The van der Waals surface area contributed by atoms with Crippen LogP contribution in [0.25, 0.3) is 0 Å². The van der Waals surface area contributed by atoms with E-state index in [1.165, 1.54) is 0 Å². The van der Waals surface area contributed by atoms with Crippen molar-refractivity contribution in [3.05, 3.63) is 39.3 Å². The third kappa shape index (κ3) is 4.22. The summed E-state index contributed by atoms with van der Waals surface area (Å²) in [7, 11) is 3.18. The predicted octanol–water partition coefficient (Wildman–Crippen LogP) is 3.20. The van der Waals surface area contributed by atoms with Crippen LogP contribution in [0.2, 0.25) is 0 Å². The Labute approximate surface area is 140 Å². The lowest BCUT2D eigenvalue weighted by Gasteiger charge is -2.14. The van der Waals surface area contributed by atoms with Crippen molar-refractivity contribution in [2.24, 2.45) is 0 Å². The lowest BCUT2D eigenvalue weighted by molar-refractivity contribution is -0.121. The van der Waals surface area contributed by atoms with Gasteiger partial charge in [0.25, 0.3) is 0 Å². The van der Waals surface area contributed by atoms with Crippen molar-refractivity contribution < 1.29 is 14.3 Å². The molecule has 0 aliphatic carbocycles. The summed E-state index contributed by atoms with van der Waals surface area (Å²) in [4.78, 5) is 17.9. The number of aromatic nitrogens is 1. The first kappa shape index (κ1) is 17.3. The summed E-state index contributed by atoms with van der Waals surface area (Å²) in [6, 6.07) is 5.33. The van der Waals surface area contributed by atoms with Crippen molar-refractivity contribution in [2.75, 3.05) is 14.2 Å². The average molecular weight is 334 g/mol. The molecular formula is C17H22N2O3S. The van der Waals surface area contributed by atoms with Crippen LogP contribution in [-0.4, -0.2) is 25.1 Å². The van der Waals surface area contributed by atoms with Crippen LogP contribution in [0.5, 0.6) is 11.5 Å². The minimum absolute atomic E-state index is 0.0639. The Hall–Kier alpha value is -2.08. The first-order valence-electron chi connectivity index (χ1n) is 7.38. The van der Waals surface area contributed by atoms with E-state index in [0.717, 1.165) is 21.1 Å². The quantitative estimate of drug-likeness (QED) is 0.881. The van der Waals surface area contributed by atoms with E-state index in [2.05, 4.69) is 10.3 Å². The van der Waals surface area contributed by atoms with Crippen LogP contribution in [0.3, 0.4) is 0 Å². The van der Waals surface area contributed by atoms with Crippen molar-refractivity contribution in [1.82, 2.24) is 10.3 Å². The van der Waals surface area contributed by atoms with Gasteiger partial charge < -0.3 is 14.8 Å². The van der Waals surface area contributed by atoms with Gasteiger partial charge >= 0.3 is 0 Å². The molecular weight excluding hydrogens is 312 g/mol. The largest absolute Gasteiger partial charge is 0.497 e. The van der Waals surface area contributed by atoms with Crippen LogP contribution in [-0.2, 0) is 11.2 Å². The Kier molecular flexibility index (Phi) is 5.60. The smallest absolute Gasteiger partial charge is 0.225 e. The lowest BCUT2D eigenvalue weighted by atomic mass is 10.1. The molecule has 1 aromatic heterocycles. The normalized spacial score (nSPS) is 11.9. The van der Waals surface area contributed by atoms with E-state index in [0.29, 0.717) is 11.5 Å². The van der Waals surface area contributed by atoms with Gasteiger partial charge in [-0.25, -0.2) is 4.98 Å². The highest BCUT2D eigenvalue weighted by molar-refractivity contribution is 7.11. The number of nitrogens with one attached hydrogen (secondary N) is 1. The number of hydrogen-bond acceptors (Lipinski definition) is 5. The molecule has 0 radical (unpaired) electrons. The molecule has 0 spiro atoms. The first-order chi connectivity index (χ1) is 10.9. The second-order valence-electron chi connectivity index (χ2n) is 5.32. The van der Waals surface area contributed by atoms with Gasteiger partial charge in [0.05, 0.1) is 37.4 Å². The van der Waals surface area contributed by atoms with Crippen molar-refractivity contribution in [2.45, 2.75) is 33.2 Å². The highest BCUT2D eigenvalue weighted by atomic mass is 32.1. The lowest BCUT2D eigenvalue weighted by Crippen LogP contribution is -2.28. The molecule has 0 unspecified atom stereocenters. The maximum Gasteiger partial charge on any atom is 0.225 e. The molecule has 0 saturated heterocycles. The molecule has 0 aliphatic rings. The SMILES string of the molecule is COc1ccc(CC(=O)N[C@@H](C)c2nc(C)sc2C)c(OC)c1. The molecule has 6 heteroatoms. The number of carbonyl (C=O) groups is 1. The van der Waals surface area contributed by atoms with Gasteiger partial charge in [0, 0.05) is 16.5 Å². The monoisotopic (exact) mass is 334 g/mol. The summed E-state index contributed by atoms with van der Waals surface area (Å²) < 4.78 is 10.5. The maximum absolute atomic E-state index is 12.3. The second kappa shape index (κ2) is 7.46. The highest BCUT2D eigenvalue weighted by Crippen LogP contribution is 2.26. The summed E-state index contributed by atoms with van der Waals surface area (Å²) in [6.45, 7) is 5.94. The number of amides is 1. The fourth-order valence-corrected chi connectivity index (χ4v) is 3.39. The van der Waals surface area contributed by atoms with E-state index in [4.69, 9.17) is 9.47 Å². The molecule has 0 bridgehead atoms. The molecule has 0 saturated carbocycles. The van der Waals surface area contributed by atoms with Crippen LogP contribution in [0, 0.1) is 13.8 Å². The molecule has 0 fully saturated rings. The molecule has 5 nitrogen and oxygen atoms in total. The number of nitrogens with zero attached hydrogens (tertiary/aromatic N) is 1. The van der Waals surface area contributed by atoms with Gasteiger partial charge in [-0.05, 0) is 26.8 Å². The predicted molar refractivity (Wildman–Crippen MR) is 91.4 cm³/mol. The molecule has 0 aliphatic heterocycles. The Balaban J connectivity index is 2.06. The van der Waals surface area contributed by atoms with E-state index in [9.17, 15) is 4.79 Å². The van der Waals surface area contributed by atoms with E-state index in [1.54, 1.807) is 31.6 Å². The average Bonchev–Trinajstić information content (AvgIpc) is 2.86. The first-order valence-corrected chi connectivity index (χ1v) is 8.20. The summed E-state index contributed by atoms with van der Waals surface area (Å²) in [5.41, 5.74) is 1.76. The zero-order valence-electron chi connectivity index (χ0n) is 14.1. The minimum Gasteiger partial charge on any atom is -0.497 e. The van der Waals surface area contributed by atoms with Crippen molar-refractivity contribution in [3.63, 3.8) is 0 Å². The van der Waals surface area contributed by atoms with Gasteiger partial charge in [0.2, 0.25) is 5.91 Å². The fraction of sp³-hybridized carbons (Fsp3) is 0.412. The van der Waals surface area contributed by atoms with Crippen molar-refractivity contribution >= 4 is 17.2 Å². The molecule has 2 rings (SSSR count). The molecule has 1 aromatic carbocycles. The second-order valence-corrected chi connectivity index (χ2v) is 6.73.